The fourth-order valence-corrected chi connectivity index (χ4v) is 2.59. The molecule has 1 aliphatic heterocycles. The predicted molar refractivity (Wildman–Crippen MR) is 74.4 cm³/mol. The average molecular weight is 232 g/mol. The fourth-order valence-electron chi connectivity index (χ4n) is 2.59. The zero-order valence-electron chi connectivity index (χ0n) is 11.0. The normalized spacial score (nSPS) is 19.4. The smallest absolute Gasteiger partial charge is 0.0399 e. The van der Waals surface area contributed by atoms with Crippen LogP contribution in [0.1, 0.15) is 32.3 Å². The molecule has 1 fully saturated rings. The topological polar surface area (TPSA) is 29.3 Å². The molecule has 1 heterocycles. The lowest BCUT2D eigenvalue weighted by Crippen LogP contribution is -2.33. The Morgan fingerprint density at radius 3 is 2.59 bits per heavy atom. The van der Waals surface area contributed by atoms with Gasteiger partial charge in [0.15, 0.2) is 0 Å². The van der Waals surface area contributed by atoms with Gasteiger partial charge in [0.2, 0.25) is 0 Å². The molecule has 0 spiro atoms. The first-order valence-electron chi connectivity index (χ1n) is 6.75. The van der Waals surface area contributed by atoms with Gasteiger partial charge in [0.25, 0.3) is 0 Å². The van der Waals surface area contributed by atoms with Crippen LogP contribution in [0.5, 0.6) is 0 Å². The van der Waals surface area contributed by atoms with Gasteiger partial charge in [-0.3, -0.25) is 0 Å². The number of para-hydroxylation sites is 1. The molecule has 94 valence electrons. The fraction of sp³-hybridized carbons (Fsp3) is 0.600. The average Bonchev–Trinajstić information content (AvgIpc) is 2.30. The number of nitrogens with two attached hydrogens (primary N) is 1. The maximum Gasteiger partial charge on any atom is 0.0399 e. The van der Waals surface area contributed by atoms with Crippen LogP contribution in [0.15, 0.2) is 24.3 Å². The van der Waals surface area contributed by atoms with Gasteiger partial charge in [0, 0.05) is 24.8 Å². The largest absolute Gasteiger partial charge is 0.371 e. The number of anilines is 1. The summed E-state index contributed by atoms with van der Waals surface area (Å²) < 4.78 is 0. The van der Waals surface area contributed by atoms with E-state index in [2.05, 4.69) is 43.0 Å². The van der Waals surface area contributed by atoms with Crippen LogP contribution in [0.3, 0.4) is 0 Å². The second kappa shape index (κ2) is 5.54. The van der Waals surface area contributed by atoms with Gasteiger partial charge in [-0.05, 0) is 43.7 Å². The summed E-state index contributed by atoms with van der Waals surface area (Å²) in [6.07, 6.45) is 3.60. The molecule has 17 heavy (non-hydrogen) atoms. The molecule has 1 aromatic carbocycles. The molecule has 2 heteroatoms. The van der Waals surface area contributed by atoms with Crippen molar-refractivity contribution >= 4 is 5.69 Å². The summed E-state index contributed by atoms with van der Waals surface area (Å²) in [5, 5.41) is 0. The van der Waals surface area contributed by atoms with Crippen LogP contribution < -0.4 is 10.6 Å². The molecule has 0 saturated carbocycles. The van der Waals surface area contributed by atoms with Gasteiger partial charge in [-0.25, -0.2) is 0 Å². The van der Waals surface area contributed by atoms with Gasteiger partial charge >= 0.3 is 0 Å². The van der Waals surface area contributed by atoms with Gasteiger partial charge in [-0.1, -0.05) is 25.1 Å². The summed E-state index contributed by atoms with van der Waals surface area (Å²) in [5.41, 5.74) is 8.73. The first-order valence-corrected chi connectivity index (χ1v) is 6.75. The zero-order chi connectivity index (χ0) is 12.3. The van der Waals surface area contributed by atoms with Crippen molar-refractivity contribution in [1.82, 2.24) is 0 Å². The first kappa shape index (κ1) is 12.4. The molecule has 0 aliphatic carbocycles. The third-order valence-electron chi connectivity index (χ3n) is 3.66. The number of hydrogen-bond donors (Lipinski definition) is 1. The third-order valence-corrected chi connectivity index (χ3v) is 3.66. The molecule has 1 unspecified atom stereocenters. The minimum Gasteiger partial charge on any atom is -0.371 e. The summed E-state index contributed by atoms with van der Waals surface area (Å²) in [6.45, 7) is 6.81. The lowest BCUT2D eigenvalue weighted by molar-refractivity contribution is 0.438. The van der Waals surface area contributed by atoms with Crippen molar-refractivity contribution in [1.29, 1.82) is 0 Å². The van der Waals surface area contributed by atoms with Crippen molar-refractivity contribution in [3.05, 3.63) is 29.8 Å². The summed E-state index contributed by atoms with van der Waals surface area (Å²) in [4.78, 5) is 2.53. The Morgan fingerprint density at radius 2 is 1.94 bits per heavy atom. The maximum absolute atomic E-state index is 5.93. The monoisotopic (exact) mass is 232 g/mol. The third kappa shape index (κ3) is 3.22. The summed E-state index contributed by atoms with van der Waals surface area (Å²) >= 11 is 0. The van der Waals surface area contributed by atoms with Gasteiger partial charge in [-0.15, -0.1) is 0 Å². The van der Waals surface area contributed by atoms with E-state index in [0.29, 0.717) is 0 Å². The Morgan fingerprint density at radius 1 is 1.29 bits per heavy atom. The van der Waals surface area contributed by atoms with Crippen molar-refractivity contribution in [2.24, 2.45) is 11.7 Å². The predicted octanol–water partition coefficient (Wildman–Crippen LogP) is 2.81. The second-order valence-corrected chi connectivity index (χ2v) is 5.48. The van der Waals surface area contributed by atoms with Crippen LogP contribution in [0, 0.1) is 5.92 Å². The van der Waals surface area contributed by atoms with Crippen LogP contribution in [0.2, 0.25) is 0 Å². The van der Waals surface area contributed by atoms with E-state index >= 15 is 0 Å². The quantitative estimate of drug-likeness (QED) is 0.868. The highest BCUT2D eigenvalue weighted by Gasteiger charge is 2.18. The van der Waals surface area contributed by atoms with Crippen LogP contribution in [0.4, 0.5) is 5.69 Å². The van der Waals surface area contributed by atoms with Crippen LogP contribution in [0.25, 0.3) is 0 Å². The first-order chi connectivity index (χ1) is 8.16. The van der Waals surface area contributed by atoms with E-state index < -0.39 is 0 Å². The Hall–Kier alpha value is -1.02. The molecule has 0 amide bonds. The van der Waals surface area contributed by atoms with E-state index in [0.717, 1.165) is 12.3 Å². The van der Waals surface area contributed by atoms with Crippen molar-refractivity contribution in [3.63, 3.8) is 0 Å². The Bertz CT molecular complexity index is 352. The molecule has 2 N–H and O–H groups in total. The lowest BCUT2D eigenvalue weighted by Gasteiger charge is -2.33. The Balaban J connectivity index is 2.14. The molecule has 0 aromatic heterocycles. The van der Waals surface area contributed by atoms with Gasteiger partial charge < -0.3 is 10.6 Å². The van der Waals surface area contributed by atoms with E-state index in [9.17, 15) is 0 Å². The second-order valence-electron chi connectivity index (χ2n) is 5.48. The molecule has 0 radical (unpaired) electrons. The molecule has 1 aliphatic rings. The van der Waals surface area contributed by atoms with Gasteiger partial charge in [0.05, 0.1) is 0 Å². The number of rotatable bonds is 3. The standard InChI is InChI=1S/C15H24N2/c1-12-7-9-17(10-8-12)15-6-4-3-5-14(15)11-13(2)16/h3-6,12-13H,7-11,16H2,1-2H3. The minimum absolute atomic E-state index is 0.236. The zero-order valence-corrected chi connectivity index (χ0v) is 11.0. The number of hydrogen-bond acceptors (Lipinski definition) is 2. The maximum atomic E-state index is 5.93. The summed E-state index contributed by atoms with van der Waals surface area (Å²) in [7, 11) is 0. The highest BCUT2D eigenvalue weighted by molar-refractivity contribution is 5.54. The van der Waals surface area contributed by atoms with E-state index in [1.165, 1.54) is 37.2 Å². The van der Waals surface area contributed by atoms with E-state index in [1.54, 1.807) is 0 Å². The molecule has 0 bridgehead atoms. The summed E-state index contributed by atoms with van der Waals surface area (Å²) in [5.74, 6) is 0.881. The Kier molecular flexibility index (Phi) is 4.06. The van der Waals surface area contributed by atoms with Gasteiger partial charge in [-0.2, -0.15) is 0 Å². The number of piperidine rings is 1. The van der Waals surface area contributed by atoms with Crippen LogP contribution in [-0.2, 0) is 6.42 Å². The lowest BCUT2D eigenvalue weighted by atomic mass is 9.97. The molecule has 2 rings (SSSR count). The van der Waals surface area contributed by atoms with Crippen molar-refractivity contribution in [3.8, 4) is 0 Å². The molecular weight excluding hydrogens is 208 g/mol. The number of benzene rings is 1. The molecule has 1 saturated heterocycles. The molecule has 2 nitrogen and oxygen atoms in total. The Labute approximate surface area is 105 Å². The van der Waals surface area contributed by atoms with E-state index in [4.69, 9.17) is 5.73 Å². The van der Waals surface area contributed by atoms with Crippen LogP contribution >= 0.6 is 0 Å². The van der Waals surface area contributed by atoms with Crippen molar-refractivity contribution < 1.29 is 0 Å². The van der Waals surface area contributed by atoms with E-state index in [1.807, 2.05) is 0 Å². The SMILES string of the molecule is CC(N)Cc1ccccc1N1CCC(C)CC1. The highest BCUT2D eigenvalue weighted by atomic mass is 15.1. The molecule has 1 aromatic rings. The van der Waals surface area contributed by atoms with E-state index in [-0.39, 0.29) is 6.04 Å². The van der Waals surface area contributed by atoms with Gasteiger partial charge in [0.1, 0.15) is 0 Å². The molecular formula is C15H24N2. The summed E-state index contributed by atoms with van der Waals surface area (Å²) in [6, 6.07) is 8.95. The highest BCUT2D eigenvalue weighted by Crippen LogP contribution is 2.26. The van der Waals surface area contributed by atoms with Crippen LogP contribution in [-0.4, -0.2) is 19.1 Å². The minimum atomic E-state index is 0.236. The van der Waals surface area contributed by atoms with Crippen molar-refractivity contribution in [2.45, 2.75) is 39.2 Å². The number of nitrogens with zero attached hydrogens (tertiary/aromatic N) is 1. The molecule has 1 atom stereocenters. The van der Waals surface area contributed by atoms with Crippen molar-refractivity contribution in [2.75, 3.05) is 18.0 Å².